The van der Waals surface area contributed by atoms with Crippen LogP contribution in [0.2, 0.25) is 0 Å². The summed E-state index contributed by atoms with van der Waals surface area (Å²) in [6.45, 7) is 0. The van der Waals surface area contributed by atoms with E-state index in [4.69, 9.17) is 17.4 Å². The first-order valence-corrected chi connectivity index (χ1v) is 3.04. The summed E-state index contributed by atoms with van der Waals surface area (Å²) in [5, 5.41) is -0.131. The van der Waals surface area contributed by atoms with Gasteiger partial charge in [-0.25, -0.2) is 5.84 Å². The monoisotopic (exact) mass is 146 g/mol. The van der Waals surface area contributed by atoms with Crippen LogP contribution < -0.4 is 11.3 Å². The number of nitrogens with one attached hydrogen (secondary N) is 1. The van der Waals surface area contributed by atoms with Gasteiger partial charge in [0, 0.05) is 5.57 Å². The molecule has 50 valence electrons. The number of hydrazine groups is 1. The topological polar surface area (TPSA) is 55.1 Å². The van der Waals surface area contributed by atoms with Crippen molar-refractivity contribution in [2.45, 2.75) is 11.8 Å². The van der Waals surface area contributed by atoms with Gasteiger partial charge in [-0.2, -0.15) is 0 Å². The molecule has 4 heteroatoms. The number of nitrogens with two attached hydrogens (primary N) is 1. The van der Waals surface area contributed by atoms with E-state index in [9.17, 15) is 4.79 Å². The van der Waals surface area contributed by atoms with Crippen LogP contribution in [0.1, 0.15) is 6.42 Å². The molecule has 0 aliphatic heterocycles. The Morgan fingerprint density at radius 2 is 2.67 bits per heavy atom. The summed E-state index contributed by atoms with van der Waals surface area (Å²) in [5.41, 5.74) is 2.59. The molecule has 1 aliphatic carbocycles. The van der Waals surface area contributed by atoms with E-state index in [-0.39, 0.29) is 11.3 Å². The quantitative estimate of drug-likeness (QED) is 0.235. The largest absolute Gasteiger partial charge is 0.290 e. The van der Waals surface area contributed by atoms with E-state index in [1.165, 1.54) is 0 Å². The molecule has 1 atom stereocenters. The van der Waals surface area contributed by atoms with Crippen molar-refractivity contribution in [1.82, 2.24) is 5.43 Å². The number of allylic oxidation sites excluding steroid dienone is 1. The highest BCUT2D eigenvalue weighted by atomic mass is 35.5. The molecule has 1 rings (SSSR count). The molecule has 0 aromatic heterocycles. The summed E-state index contributed by atoms with van der Waals surface area (Å²) in [7, 11) is 0. The number of halogens is 1. The lowest BCUT2D eigenvalue weighted by molar-refractivity contribution is -0.117. The fourth-order valence-corrected chi connectivity index (χ4v) is 0.920. The van der Waals surface area contributed by atoms with Gasteiger partial charge < -0.3 is 0 Å². The molecule has 3 N–H and O–H groups in total. The van der Waals surface area contributed by atoms with Gasteiger partial charge in [-0.05, 0) is 6.42 Å². The molecule has 1 amide bonds. The highest BCUT2D eigenvalue weighted by Crippen LogP contribution is 2.24. The average molecular weight is 147 g/mol. The molecule has 0 saturated carbocycles. The smallest absolute Gasteiger partial charge is 0.262 e. The molecule has 0 heterocycles. The van der Waals surface area contributed by atoms with E-state index < -0.39 is 0 Å². The summed E-state index contributed by atoms with van der Waals surface area (Å²) < 4.78 is 0. The molecule has 0 aromatic rings. The Balaban J connectivity index is 2.54. The highest BCUT2D eigenvalue weighted by molar-refractivity contribution is 6.26. The van der Waals surface area contributed by atoms with Crippen molar-refractivity contribution >= 4 is 17.5 Å². The molecule has 0 bridgehead atoms. The molecule has 0 aromatic carbocycles. The number of carbonyl (C=O) groups excluding carboxylic acids is 1. The van der Waals surface area contributed by atoms with Gasteiger partial charge in [0.2, 0.25) is 0 Å². The predicted octanol–water partition coefficient (Wildman–Crippen LogP) is -0.0862. The molecular weight excluding hydrogens is 140 g/mol. The normalized spacial score (nSPS) is 24.2. The van der Waals surface area contributed by atoms with E-state index in [0.717, 1.165) is 6.42 Å². The number of amides is 1. The molecular formula is C5H7ClN2O. The molecule has 0 spiro atoms. The van der Waals surface area contributed by atoms with Crippen molar-refractivity contribution in [1.29, 1.82) is 0 Å². The molecule has 0 fully saturated rings. The molecule has 3 nitrogen and oxygen atoms in total. The van der Waals surface area contributed by atoms with Crippen molar-refractivity contribution in [2.24, 2.45) is 5.84 Å². The lowest BCUT2D eigenvalue weighted by Gasteiger charge is -2.18. The average Bonchev–Trinajstić information content (AvgIpc) is 1.84. The third-order valence-electron chi connectivity index (χ3n) is 1.28. The number of rotatable bonds is 1. The second-order valence-electron chi connectivity index (χ2n) is 1.84. The van der Waals surface area contributed by atoms with Crippen LogP contribution in [0.5, 0.6) is 0 Å². The minimum atomic E-state index is -0.277. The number of hydrogen-bond acceptors (Lipinski definition) is 2. The summed E-state index contributed by atoms with van der Waals surface area (Å²) in [6, 6.07) is 0. The van der Waals surface area contributed by atoms with Crippen LogP contribution >= 0.6 is 11.6 Å². The van der Waals surface area contributed by atoms with Crippen LogP contribution in [0.3, 0.4) is 0 Å². The van der Waals surface area contributed by atoms with E-state index >= 15 is 0 Å². The van der Waals surface area contributed by atoms with Gasteiger partial charge in [0.05, 0.1) is 5.38 Å². The van der Waals surface area contributed by atoms with Gasteiger partial charge >= 0.3 is 0 Å². The summed E-state index contributed by atoms with van der Waals surface area (Å²) >= 11 is 5.60. The second-order valence-corrected chi connectivity index (χ2v) is 2.36. The van der Waals surface area contributed by atoms with Crippen molar-refractivity contribution in [2.75, 3.05) is 0 Å². The summed E-state index contributed by atoms with van der Waals surface area (Å²) in [4.78, 5) is 10.6. The van der Waals surface area contributed by atoms with Crippen molar-refractivity contribution in [3.05, 3.63) is 11.6 Å². The maximum atomic E-state index is 10.6. The third kappa shape index (κ3) is 1.06. The second kappa shape index (κ2) is 2.37. The molecule has 0 saturated heterocycles. The van der Waals surface area contributed by atoms with Crippen molar-refractivity contribution < 1.29 is 4.79 Å². The highest BCUT2D eigenvalue weighted by Gasteiger charge is 2.23. The minimum Gasteiger partial charge on any atom is -0.290 e. The van der Waals surface area contributed by atoms with E-state index in [1.807, 2.05) is 5.43 Å². The van der Waals surface area contributed by atoms with E-state index in [1.54, 1.807) is 6.08 Å². The van der Waals surface area contributed by atoms with Crippen LogP contribution in [0.25, 0.3) is 0 Å². The first-order chi connectivity index (χ1) is 4.25. The lowest BCUT2D eigenvalue weighted by Crippen LogP contribution is -2.36. The Labute approximate surface area is 57.8 Å². The Hall–Kier alpha value is -0.540. The molecule has 9 heavy (non-hydrogen) atoms. The Kier molecular flexibility index (Phi) is 1.73. The van der Waals surface area contributed by atoms with Crippen molar-refractivity contribution in [3.63, 3.8) is 0 Å². The number of alkyl halides is 1. The molecule has 0 radical (unpaired) electrons. The van der Waals surface area contributed by atoms with Gasteiger partial charge in [-0.3, -0.25) is 10.2 Å². The van der Waals surface area contributed by atoms with Gasteiger partial charge in [0.25, 0.3) is 5.91 Å². The first kappa shape index (κ1) is 6.58. The Morgan fingerprint density at radius 1 is 2.00 bits per heavy atom. The maximum Gasteiger partial charge on any atom is 0.262 e. The Morgan fingerprint density at radius 3 is 2.78 bits per heavy atom. The number of carbonyl (C=O) groups is 1. The fraction of sp³-hybridized carbons (Fsp3) is 0.400. The summed E-state index contributed by atoms with van der Waals surface area (Å²) in [6.07, 6.45) is 2.53. The SMILES string of the molecule is NNC(=O)C1=CCC1Cl. The van der Waals surface area contributed by atoms with Gasteiger partial charge in [0.15, 0.2) is 0 Å². The molecule has 1 aliphatic rings. The van der Waals surface area contributed by atoms with Gasteiger partial charge in [-0.1, -0.05) is 6.08 Å². The van der Waals surface area contributed by atoms with Crippen LogP contribution in [0.15, 0.2) is 11.6 Å². The van der Waals surface area contributed by atoms with Gasteiger partial charge in [0.1, 0.15) is 0 Å². The van der Waals surface area contributed by atoms with Crippen molar-refractivity contribution in [3.8, 4) is 0 Å². The van der Waals surface area contributed by atoms with Crippen LogP contribution in [0, 0.1) is 0 Å². The van der Waals surface area contributed by atoms with Crippen LogP contribution in [-0.2, 0) is 4.79 Å². The summed E-state index contributed by atoms with van der Waals surface area (Å²) in [5.74, 6) is 4.57. The van der Waals surface area contributed by atoms with Crippen LogP contribution in [-0.4, -0.2) is 11.3 Å². The Bertz CT molecular complexity index is 166. The van der Waals surface area contributed by atoms with E-state index in [0.29, 0.717) is 5.57 Å². The first-order valence-electron chi connectivity index (χ1n) is 2.60. The zero-order chi connectivity index (χ0) is 6.85. The lowest BCUT2D eigenvalue weighted by atomic mass is 9.98. The van der Waals surface area contributed by atoms with Crippen LogP contribution in [0.4, 0.5) is 0 Å². The molecule has 1 unspecified atom stereocenters. The fourth-order valence-electron chi connectivity index (χ4n) is 0.643. The zero-order valence-corrected chi connectivity index (χ0v) is 5.48. The predicted molar refractivity (Wildman–Crippen MR) is 34.7 cm³/mol. The third-order valence-corrected chi connectivity index (χ3v) is 1.69. The number of hydrogen-bond donors (Lipinski definition) is 2. The van der Waals surface area contributed by atoms with Gasteiger partial charge in [-0.15, -0.1) is 11.6 Å². The maximum absolute atomic E-state index is 10.6. The van der Waals surface area contributed by atoms with E-state index in [2.05, 4.69) is 0 Å². The zero-order valence-electron chi connectivity index (χ0n) is 4.73. The standard InChI is InChI=1S/C5H7ClN2O/c6-4-2-1-3(4)5(9)8-7/h1,4H,2,7H2,(H,8,9). The minimum absolute atomic E-state index is 0.131.